The van der Waals surface area contributed by atoms with Crippen LogP contribution in [0.2, 0.25) is 0 Å². The number of hydrogen-bond donors (Lipinski definition) is 2. The normalized spacial score (nSPS) is 22.7. The summed E-state index contributed by atoms with van der Waals surface area (Å²) >= 11 is 0. The molecule has 2 rings (SSSR count). The summed E-state index contributed by atoms with van der Waals surface area (Å²) in [6.07, 6.45) is 1.81. The molecule has 0 saturated heterocycles. The zero-order valence-corrected chi connectivity index (χ0v) is 9.68. The molecule has 1 aromatic carbocycles. The molecule has 0 aromatic heterocycles. The largest absolute Gasteiger partial charge is 0.481 e. The molecule has 88 valence electrons. The Balaban J connectivity index is 0.000000280. The van der Waals surface area contributed by atoms with Crippen LogP contribution in [0.5, 0.6) is 0 Å². The fourth-order valence-electron chi connectivity index (χ4n) is 1.97. The van der Waals surface area contributed by atoms with Crippen molar-refractivity contribution in [3.05, 3.63) is 35.4 Å². The van der Waals surface area contributed by atoms with Crippen LogP contribution in [0.1, 0.15) is 37.3 Å². The van der Waals surface area contributed by atoms with Crippen LogP contribution in [0.4, 0.5) is 0 Å². The van der Waals surface area contributed by atoms with Gasteiger partial charge in [-0.05, 0) is 24.0 Å². The molecule has 1 aromatic rings. The summed E-state index contributed by atoms with van der Waals surface area (Å²) in [5.41, 5.74) is 2.74. The van der Waals surface area contributed by atoms with E-state index in [1.807, 2.05) is 6.07 Å². The molecule has 2 atom stereocenters. The standard InChI is InChI=1S/C11H14O.C2H4O2/c1-8-10-5-3-2-4-9(10)6-7-11(8)12;1-2(3)4/h2-5,8,11-12H,6-7H2,1H3;1H3,(H,3,4)/t8-,11-;/m1./s1. The van der Waals surface area contributed by atoms with Gasteiger partial charge in [-0.3, -0.25) is 4.79 Å². The van der Waals surface area contributed by atoms with E-state index in [9.17, 15) is 5.11 Å². The summed E-state index contributed by atoms with van der Waals surface area (Å²) in [4.78, 5) is 9.00. The highest BCUT2D eigenvalue weighted by Gasteiger charge is 2.23. The number of carbonyl (C=O) groups is 1. The molecule has 0 amide bonds. The van der Waals surface area contributed by atoms with Gasteiger partial charge in [0.05, 0.1) is 6.10 Å². The van der Waals surface area contributed by atoms with Crippen molar-refractivity contribution < 1.29 is 15.0 Å². The minimum Gasteiger partial charge on any atom is -0.481 e. The highest BCUT2D eigenvalue weighted by Crippen LogP contribution is 2.30. The zero-order chi connectivity index (χ0) is 12.1. The van der Waals surface area contributed by atoms with Crippen molar-refractivity contribution >= 4 is 5.97 Å². The smallest absolute Gasteiger partial charge is 0.300 e. The van der Waals surface area contributed by atoms with Crippen LogP contribution in [-0.4, -0.2) is 22.3 Å². The second-order valence-electron chi connectivity index (χ2n) is 4.11. The lowest BCUT2D eigenvalue weighted by Crippen LogP contribution is -2.22. The van der Waals surface area contributed by atoms with E-state index < -0.39 is 5.97 Å². The van der Waals surface area contributed by atoms with Gasteiger partial charge in [0.25, 0.3) is 5.97 Å². The van der Waals surface area contributed by atoms with Gasteiger partial charge in [0, 0.05) is 12.8 Å². The molecule has 0 fully saturated rings. The van der Waals surface area contributed by atoms with Gasteiger partial charge in [0.15, 0.2) is 0 Å². The summed E-state index contributed by atoms with van der Waals surface area (Å²) in [5, 5.41) is 17.0. The first kappa shape index (κ1) is 12.7. The van der Waals surface area contributed by atoms with E-state index in [-0.39, 0.29) is 6.10 Å². The Bertz CT molecular complexity index is 356. The number of carboxylic acid groups (broad SMARTS) is 1. The van der Waals surface area contributed by atoms with Crippen LogP contribution in [0.25, 0.3) is 0 Å². The molecule has 0 saturated carbocycles. The molecule has 1 aliphatic rings. The zero-order valence-electron chi connectivity index (χ0n) is 9.68. The maximum atomic E-state index is 9.62. The van der Waals surface area contributed by atoms with Crippen LogP contribution >= 0.6 is 0 Å². The molecule has 16 heavy (non-hydrogen) atoms. The van der Waals surface area contributed by atoms with Crippen molar-refractivity contribution in [2.24, 2.45) is 0 Å². The maximum absolute atomic E-state index is 9.62. The number of hydrogen-bond acceptors (Lipinski definition) is 2. The number of fused-ring (bicyclic) bond motifs is 1. The van der Waals surface area contributed by atoms with Crippen LogP contribution in [0.15, 0.2) is 24.3 Å². The second-order valence-corrected chi connectivity index (χ2v) is 4.11. The monoisotopic (exact) mass is 222 g/mol. The van der Waals surface area contributed by atoms with Crippen LogP contribution < -0.4 is 0 Å². The fraction of sp³-hybridized carbons (Fsp3) is 0.462. The van der Waals surface area contributed by atoms with Gasteiger partial charge in [0.2, 0.25) is 0 Å². The number of benzene rings is 1. The first-order valence-electron chi connectivity index (χ1n) is 5.47. The molecular weight excluding hydrogens is 204 g/mol. The Hall–Kier alpha value is -1.35. The van der Waals surface area contributed by atoms with Gasteiger partial charge >= 0.3 is 0 Å². The lowest BCUT2D eigenvalue weighted by Gasteiger charge is -2.27. The first-order chi connectivity index (χ1) is 7.52. The summed E-state index contributed by atoms with van der Waals surface area (Å²) in [6, 6.07) is 8.41. The van der Waals surface area contributed by atoms with Crippen molar-refractivity contribution in [3.63, 3.8) is 0 Å². The minimum atomic E-state index is -0.833. The van der Waals surface area contributed by atoms with E-state index in [0.717, 1.165) is 19.8 Å². The van der Waals surface area contributed by atoms with Crippen LogP contribution in [0, 0.1) is 0 Å². The SMILES string of the molecule is CC(=O)O.C[C@@H]1c2ccccc2CC[C@H]1O. The maximum Gasteiger partial charge on any atom is 0.300 e. The number of aryl methyl sites for hydroxylation is 1. The van der Waals surface area contributed by atoms with E-state index >= 15 is 0 Å². The van der Waals surface area contributed by atoms with Crippen molar-refractivity contribution in [3.8, 4) is 0 Å². The Labute approximate surface area is 95.7 Å². The lowest BCUT2D eigenvalue weighted by molar-refractivity contribution is -0.134. The predicted octanol–water partition coefficient (Wildman–Crippen LogP) is 2.19. The molecule has 1 aliphatic carbocycles. The number of rotatable bonds is 0. The highest BCUT2D eigenvalue weighted by molar-refractivity contribution is 5.62. The Kier molecular flexibility index (Phi) is 4.50. The lowest BCUT2D eigenvalue weighted by atomic mass is 9.82. The average Bonchev–Trinajstić information content (AvgIpc) is 2.23. The third-order valence-corrected chi connectivity index (χ3v) is 2.83. The van der Waals surface area contributed by atoms with Crippen molar-refractivity contribution in [1.29, 1.82) is 0 Å². The molecule has 0 spiro atoms. The van der Waals surface area contributed by atoms with Gasteiger partial charge < -0.3 is 10.2 Å². The first-order valence-corrected chi connectivity index (χ1v) is 5.47. The fourth-order valence-corrected chi connectivity index (χ4v) is 1.97. The Morgan fingerprint density at radius 3 is 2.56 bits per heavy atom. The van der Waals surface area contributed by atoms with Gasteiger partial charge in [-0.1, -0.05) is 31.2 Å². The molecule has 2 N–H and O–H groups in total. The van der Waals surface area contributed by atoms with E-state index in [4.69, 9.17) is 9.90 Å². The highest BCUT2D eigenvalue weighted by atomic mass is 16.4. The summed E-state index contributed by atoms with van der Waals surface area (Å²) in [6.45, 7) is 3.18. The molecule has 3 nitrogen and oxygen atoms in total. The van der Waals surface area contributed by atoms with E-state index in [1.165, 1.54) is 11.1 Å². The summed E-state index contributed by atoms with van der Waals surface area (Å²) < 4.78 is 0. The molecule has 0 bridgehead atoms. The molecule has 0 aliphatic heterocycles. The number of aliphatic hydroxyl groups is 1. The van der Waals surface area contributed by atoms with Gasteiger partial charge in [-0.2, -0.15) is 0 Å². The minimum absolute atomic E-state index is 0.139. The van der Waals surface area contributed by atoms with Crippen molar-refractivity contribution in [2.75, 3.05) is 0 Å². The average molecular weight is 222 g/mol. The van der Waals surface area contributed by atoms with E-state index in [2.05, 4.69) is 25.1 Å². The van der Waals surface area contributed by atoms with Gasteiger partial charge in [-0.25, -0.2) is 0 Å². The number of aliphatic carboxylic acids is 1. The molecule has 0 heterocycles. The number of aliphatic hydroxyl groups excluding tert-OH is 1. The topological polar surface area (TPSA) is 57.5 Å². The van der Waals surface area contributed by atoms with E-state index in [1.54, 1.807) is 0 Å². The van der Waals surface area contributed by atoms with Crippen molar-refractivity contribution in [1.82, 2.24) is 0 Å². The quantitative estimate of drug-likeness (QED) is 0.707. The Morgan fingerprint density at radius 1 is 1.38 bits per heavy atom. The van der Waals surface area contributed by atoms with Gasteiger partial charge in [0.1, 0.15) is 0 Å². The molecule has 3 heteroatoms. The molecule has 0 unspecified atom stereocenters. The third kappa shape index (κ3) is 3.35. The molecular formula is C13H18O3. The van der Waals surface area contributed by atoms with Crippen LogP contribution in [-0.2, 0) is 11.2 Å². The van der Waals surface area contributed by atoms with Crippen LogP contribution in [0.3, 0.4) is 0 Å². The summed E-state index contributed by atoms with van der Waals surface area (Å²) in [7, 11) is 0. The van der Waals surface area contributed by atoms with Gasteiger partial charge in [-0.15, -0.1) is 0 Å². The third-order valence-electron chi connectivity index (χ3n) is 2.83. The predicted molar refractivity (Wildman–Crippen MR) is 62.5 cm³/mol. The van der Waals surface area contributed by atoms with E-state index in [0.29, 0.717) is 5.92 Å². The second kappa shape index (κ2) is 5.66. The Morgan fingerprint density at radius 2 is 1.94 bits per heavy atom. The number of carboxylic acids is 1. The summed E-state index contributed by atoms with van der Waals surface area (Å²) in [5.74, 6) is -0.519. The molecule has 0 radical (unpaired) electrons. The van der Waals surface area contributed by atoms with Crippen molar-refractivity contribution in [2.45, 2.75) is 38.7 Å².